The minimum atomic E-state index is -0.235. The number of nitrogens with one attached hydrogen (secondary N) is 2. The van der Waals surface area contributed by atoms with Gasteiger partial charge in [0, 0.05) is 18.3 Å². The predicted octanol–water partition coefficient (Wildman–Crippen LogP) is 4.57. The summed E-state index contributed by atoms with van der Waals surface area (Å²) in [6, 6.07) is 5.16. The molecule has 1 aromatic carbocycles. The van der Waals surface area contributed by atoms with E-state index in [0.717, 1.165) is 12.8 Å². The fraction of sp³-hybridized carbons (Fsp3) is 0.524. The van der Waals surface area contributed by atoms with Gasteiger partial charge in [-0.25, -0.2) is 0 Å². The number of anilines is 1. The van der Waals surface area contributed by atoms with E-state index < -0.39 is 0 Å². The Balaban J connectivity index is 1.55. The van der Waals surface area contributed by atoms with Gasteiger partial charge in [0.05, 0.1) is 22.2 Å². The molecule has 2 atom stereocenters. The van der Waals surface area contributed by atoms with E-state index in [-0.39, 0.29) is 30.0 Å². The summed E-state index contributed by atoms with van der Waals surface area (Å²) in [5, 5.41) is 15.7. The van der Waals surface area contributed by atoms with E-state index in [1.54, 1.807) is 18.2 Å². The standard InChI is InChI=1S/C21H27Cl2N5O2S/c1-3-28-18(11-19(29)24-14-8-9-15(22)16(23)10-14)26-27-21(28)31-12-20(30)25-17-7-5-4-6-13(17)2/h8-10,13,17H,3-7,11-12H2,1-2H3,(H,24,29)(H,25,30)/t13-,17-/m0/s1. The van der Waals surface area contributed by atoms with Gasteiger partial charge in [0.15, 0.2) is 5.16 Å². The zero-order valence-corrected chi connectivity index (χ0v) is 20.0. The van der Waals surface area contributed by atoms with Crippen molar-refractivity contribution in [2.75, 3.05) is 11.1 Å². The third kappa shape index (κ3) is 6.60. The highest BCUT2D eigenvalue weighted by atomic mass is 35.5. The molecule has 0 aliphatic heterocycles. The Morgan fingerprint density at radius 1 is 1.16 bits per heavy atom. The Labute approximate surface area is 196 Å². The minimum absolute atomic E-state index is 0.00770. The van der Waals surface area contributed by atoms with Crippen LogP contribution in [0.2, 0.25) is 10.0 Å². The molecule has 7 nitrogen and oxygen atoms in total. The Bertz CT molecular complexity index is 936. The van der Waals surface area contributed by atoms with Gasteiger partial charge in [0.25, 0.3) is 0 Å². The first-order valence-corrected chi connectivity index (χ1v) is 12.2. The molecule has 0 spiro atoms. The van der Waals surface area contributed by atoms with Crippen LogP contribution in [0.4, 0.5) is 5.69 Å². The molecule has 2 N–H and O–H groups in total. The normalized spacial score (nSPS) is 18.6. The minimum Gasteiger partial charge on any atom is -0.352 e. The molecule has 1 aromatic heterocycles. The van der Waals surface area contributed by atoms with Crippen LogP contribution < -0.4 is 10.6 Å². The maximum atomic E-state index is 12.4. The molecule has 3 rings (SSSR count). The van der Waals surface area contributed by atoms with Crippen LogP contribution in [-0.4, -0.2) is 38.4 Å². The van der Waals surface area contributed by atoms with Crippen molar-refractivity contribution in [3.63, 3.8) is 0 Å². The fourth-order valence-corrected chi connectivity index (χ4v) is 4.84. The second-order valence-electron chi connectivity index (χ2n) is 7.72. The van der Waals surface area contributed by atoms with Gasteiger partial charge in [-0.05, 0) is 43.9 Å². The van der Waals surface area contributed by atoms with Crippen LogP contribution in [0, 0.1) is 5.92 Å². The van der Waals surface area contributed by atoms with Gasteiger partial charge in [-0.15, -0.1) is 10.2 Å². The Kier molecular flexibility index (Phi) is 8.63. The number of carbonyl (C=O) groups excluding carboxylic acids is 2. The average molecular weight is 484 g/mol. The van der Waals surface area contributed by atoms with Crippen molar-refractivity contribution in [3.8, 4) is 0 Å². The predicted molar refractivity (Wildman–Crippen MR) is 125 cm³/mol. The molecular formula is C21H27Cl2N5O2S. The molecular weight excluding hydrogens is 457 g/mol. The molecule has 31 heavy (non-hydrogen) atoms. The van der Waals surface area contributed by atoms with Crippen LogP contribution in [0.3, 0.4) is 0 Å². The number of hydrogen-bond acceptors (Lipinski definition) is 5. The number of rotatable bonds is 8. The highest BCUT2D eigenvalue weighted by molar-refractivity contribution is 7.99. The summed E-state index contributed by atoms with van der Waals surface area (Å²) in [6.45, 7) is 4.75. The van der Waals surface area contributed by atoms with Gasteiger partial charge in [-0.1, -0.05) is 54.7 Å². The van der Waals surface area contributed by atoms with Gasteiger partial charge < -0.3 is 15.2 Å². The molecule has 168 valence electrons. The van der Waals surface area contributed by atoms with Crippen LogP contribution in [0.5, 0.6) is 0 Å². The lowest BCUT2D eigenvalue weighted by Crippen LogP contribution is -2.41. The van der Waals surface area contributed by atoms with Gasteiger partial charge >= 0.3 is 0 Å². The van der Waals surface area contributed by atoms with Crippen molar-refractivity contribution in [1.29, 1.82) is 0 Å². The molecule has 2 amide bonds. The molecule has 1 saturated carbocycles. The van der Waals surface area contributed by atoms with E-state index >= 15 is 0 Å². The second kappa shape index (κ2) is 11.2. The third-order valence-electron chi connectivity index (χ3n) is 5.42. The van der Waals surface area contributed by atoms with E-state index in [1.165, 1.54) is 24.6 Å². The molecule has 1 aliphatic rings. The summed E-state index contributed by atoms with van der Waals surface area (Å²) in [5.74, 6) is 1.11. The lowest BCUT2D eigenvalue weighted by atomic mass is 9.86. The number of hydrogen-bond donors (Lipinski definition) is 2. The molecule has 0 bridgehead atoms. The summed E-state index contributed by atoms with van der Waals surface area (Å²) >= 11 is 13.2. The summed E-state index contributed by atoms with van der Waals surface area (Å²) < 4.78 is 1.86. The first-order chi connectivity index (χ1) is 14.9. The zero-order chi connectivity index (χ0) is 22.4. The molecule has 1 aliphatic carbocycles. The van der Waals surface area contributed by atoms with Crippen molar-refractivity contribution >= 4 is 52.5 Å². The first kappa shape index (κ1) is 23.9. The third-order valence-corrected chi connectivity index (χ3v) is 7.13. The van der Waals surface area contributed by atoms with Crippen molar-refractivity contribution in [3.05, 3.63) is 34.1 Å². The quantitative estimate of drug-likeness (QED) is 0.536. The van der Waals surface area contributed by atoms with Crippen LogP contribution in [-0.2, 0) is 22.6 Å². The van der Waals surface area contributed by atoms with E-state index in [9.17, 15) is 9.59 Å². The molecule has 1 heterocycles. The van der Waals surface area contributed by atoms with Gasteiger partial charge in [-0.2, -0.15) is 0 Å². The lowest BCUT2D eigenvalue weighted by Gasteiger charge is -2.29. The molecule has 2 aromatic rings. The van der Waals surface area contributed by atoms with Crippen LogP contribution in [0.15, 0.2) is 23.4 Å². The first-order valence-electron chi connectivity index (χ1n) is 10.5. The maximum Gasteiger partial charge on any atom is 0.232 e. The lowest BCUT2D eigenvalue weighted by molar-refractivity contribution is -0.120. The molecule has 0 saturated heterocycles. The van der Waals surface area contributed by atoms with Gasteiger partial charge in [0.2, 0.25) is 11.8 Å². The Morgan fingerprint density at radius 2 is 1.94 bits per heavy atom. The molecule has 0 unspecified atom stereocenters. The van der Waals surface area contributed by atoms with E-state index in [0.29, 0.717) is 39.2 Å². The summed E-state index contributed by atoms with van der Waals surface area (Å²) in [4.78, 5) is 24.8. The number of halogens is 2. The van der Waals surface area contributed by atoms with Gasteiger partial charge in [-0.3, -0.25) is 9.59 Å². The Morgan fingerprint density at radius 3 is 2.65 bits per heavy atom. The largest absolute Gasteiger partial charge is 0.352 e. The van der Waals surface area contributed by atoms with Crippen LogP contribution in [0.1, 0.15) is 45.4 Å². The SMILES string of the molecule is CCn1c(CC(=O)Nc2ccc(Cl)c(Cl)c2)nnc1SCC(=O)N[C@H]1CCCC[C@@H]1C. The van der Waals surface area contributed by atoms with Crippen molar-refractivity contribution in [2.24, 2.45) is 5.92 Å². The van der Waals surface area contributed by atoms with E-state index in [2.05, 4.69) is 27.8 Å². The van der Waals surface area contributed by atoms with Crippen molar-refractivity contribution in [1.82, 2.24) is 20.1 Å². The summed E-state index contributed by atoms with van der Waals surface area (Å²) in [7, 11) is 0. The van der Waals surface area contributed by atoms with E-state index in [1.807, 2.05) is 11.5 Å². The van der Waals surface area contributed by atoms with E-state index in [4.69, 9.17) is 23.2 Å². The zero-order valence-electron chi connectivity index (χ0n) is 17.7. The van der Waals surface area contributed by atoms with Crippen molar-refractivity contribution < 1.29 is 9.59 Å². The average Bonchev–Trinajstić information content (AvgIpc) is 3.12. The number of carbonyl (C=O) groups is 2. The van der Waals surface area contributed by atoms with Crippen LogP contribution >= 0.6 is 35.0 Å². The van der Waals surface area contributed by atoms with Crippen molar-refractivity contribution in [2.45, 2.75) is 63.7 Å². The number of thioether (sulfide) groups is 1. The monoisotopic (exact) mass is 483 g/mol. The topological polar surface area (TPSA) is 88.9 Å². The number of nitrogens with zero attached hydrogens (tertiary/aromatic N) is 3. The highest BCUT2D eigenvalue weighted by Crippen LogP contribution is 2.26. The smallest absolute Gasteiger partial charge is 0.232 e. The Hall–Kier alpha value is -1.77. The molecule has 0 radical (unpaired) electrons. The highest BCUT2D eigenvalue weighted by Gasteiger charge is 2.23. The summed E-state index contributed by atoms with van der Waals surface area (Å²) in [6.07, 6.45) is 4.67. The number of aromatic nitrogens is 3. The van der Waals surface area contributed by atoms with Crippen LogP contribution in [0.25, 0.3) is 0 Å². The maximum absolute atomic E-state index is 12.4. The summed E-state index contributed by atoms with van der Waals surface area (Å²) in [5.41, 5.74) is 0.560. The second-order valence-corrected chi connectivity index (χ2v) is 9.48. The molecule has 10 heteroatoms. The van der Waals surface area contributed by atoms with Gasteiger partial charge in [0.1, 0.15) is 5.82 Å². The number of benzene rings is 1. The fourth-order valence-electron chi connectivity index (χ4n) is 3.71. The molecule has 1 fully saturated rings. The number of amides is 2.